The number of aromatic amines is 1. The molecule has 0 aromatic carbocycles. The maximum atomic E-state index is 5.38. The van der Waals surface area contributed by atoms with Gasteiger partial charge in [0.2, 0.25) is 0 Å². The summed E-state index contributed by atoms with van der Waals surface area (Å²) in [4.78, 5) is 4.12. The molecule has 0 amide bonds. The van der Waals surface area contributed by atoms with Crippen molar-refractivity contribution in [1.82, 2.24) is 15.2 Å². The SMILES string of the molecule is CCC(OC)c1[nH]nc2cnc(Br)cc12. The molecular formula is C10H12BrN3O. The molecule has 2 aromatic heterocycles. The van der Waals surface area contributed by atoms with Crippen molar-refractivity contribution >= 4 is 26.8 Å². The minimum absolute atomic E-state index is 0.0595. The van der Waals surface area contributed by atoms with E-state index < -0.39 is 0 Å². The van der Waals surface area contributed by atoms with E-state index in [1.54, 1.807) is 13.3 Å². The first kappa shape index (κ1) is 10.6. The van der Waals surface area contributed by atoms with E-state index >= 15 is 0 Å². The van der Waals surface area contributed by atoms with Gasteiger partial charge in [0.15, 0.2) is 0 Å². The predicted octanol–water partition coefficient (Wildman–Crippen LogP) is 2.82. The lowest BCUT2D eigenvalue weighted by Gasteiger charge is -2.10. The molecule has 80 valence electrons. The summed E-state index contributed by atoms with van der Waals surface area (Å²) in [6, 6.07) is 1.95. The first-order valence-electron chi connectivity index (χ1n) is 4.78. The van der Waals surface area contributed by atoms with E-state index in [1.807, 2.05) is 6.07 Å². The zero-order chi connectivity index (χ0) is 10.8. The van der Waals surface area contributed by atoms with Gasteiger partial charge in [0, 0.05) is 12.5 Å². The highest BCUT2D eigenvalue weighted by atomic mass is 79.9. The quantitative estimate of drug-likeness (QED) is 0.872. The van der Waals surface area contributed by atoms with Crippen molar-refractivity contribution in [1.29, 1.82) is 0 Å². The van der Waals surface area contributed by atoms with Crippen molar-refractivity contribution in [3.8, 4) is 0 Å². The second-order valence-corrected chi connectivity index (χ2v) is 4.11. The lowest BCUT2D eigenvalue weighted by molar-refractivity contribution is 0.0975. The van der Waals surface area contributed by atoms with E-state index in [4.69, 9.17) is 4.74 Å². The third kappa shape index (κ3) is 1.89. The molecular weight excluding hydrogens is 258 g/mol. The van der Waals surface area contributed by atoms with Crippen LogP contribution in [0.2, 0.25) is 0 Å². The summed E-state index contributed by atoms with van der Waals surface area (Å²) in [5.74, 6) is 0. The van der Waals surface area contributed by atoms with Gasteiger partial charge in [-0.15, -0.1) is 0 Å². The fraction of sp³-hybridized carbons (Fsp3) is 0.400. The van der Waals surface area contributed by atoms with Crippen LogP contribution in [0.25, 0.3) is 10.9 Å². The summed E-state index contributed by atoms with van der Waals surface area (Å²) in [6.45, 7) is 2.08. The minimum atomic E-state index is 0.0595. The molecule has 1 atom stereocenters. The number of aromatic nitrogens is 3. The molecule has 15 heavy (non-hydrogen) atoms. The zero-order valence-corrected chi connectivity index (χ0v) is 10.2. The summed E-state index contributed by atoms with van der Waals surface area (Å²) >= 11 is 3.35. The average molecular weight is 270 g/mol. The number of hydrogen-bond donors (Lipinski definition) is 1. The highest BCUT2D eigenvalue weighted by molar-refractivity contribution is 9.10. The van der Waals surface area contributed by atoms with Gasteiger partial charge in [-0.25, -0.2) is 4.98 Å². The van der Waals surface area contributed by atoms with Gasteiger partial charge in [-0.05, 0) is 28.4 Å². The van der Waals surface area contributed by atoms with Crippen molar-refractivity contribution in [3.05, 3.63) is 22.6 Å². The standard InChI is InChI=1S/C10H12BrN3O/c1-3-8(15-2)10-6-4-9(11)12-5-7(6)13-14-10/h4-5,8H,3H2,1-2H3,(H,13,14). The van der Waals surface area contributed by atoms with Crippen molar-refractivity contribution in [2.75, 3.05) is 7.11 Å². The van der Waals surface area contributed by atoms with Crippen LogP contribution in [0, 0.1) is 0 Å². The van der Waals surface area contributed by atoms with Gasteiger partial charge in [0.05, 0.1) is 18.0 Å². The van der Waals surface area contributed by atoms with Gasteiger partial charge in [-0.2, -0.15) is 5.10 Å². The fourth-order valence-corrected chi connectivity index (χ4v) is 1.97. The third-order valence-corrected chi connectivity index (χ3v) is 2.85. The van der Waals surface area contributed by atoms with Crippen molar-refractivity contribution in [2.24, 2.45) is 0 Å². The molecule has 0 bridgehead atoms. The Balaban J connectivity index is 2.55. The van der Waals surface area contributed by atoms with Gasteiger partial charge in [0.1, 0.15) is 10.1 Å². The van der Waals surface area contributed by atoms with Crippen LogP contribution in [0.3, 0.4) is 0 Å². The number of pyridine rings is 1. The molecule has 1 unspecified atom stereocenters. The van der Waals surface area contributed by atoms with Gasteiger partial charge >= 0.3 is 0 Å². The molecule has 4 nitrogen and oxygen atoms in total. The second-order valence-electron chi connectivity index (χ2n) is 3.29. The number of methoxy groups -OCH3 is 1. The number of fused-ring (bicyclic) bond motifs is 1. The van der Waals surface area contributed by atoms with Crippen LogP contribution < -0.4 is 0 Å². The monoisotopic (exact) mass is 269 g/mol. The normalized spacial score (nSPS) is 13.3. The number of halogens is 1. The van der Waals surface area contributed by atoms with Crippen molar-refractivity contribution < 1.29 is 4.74 Å². The second kappa shape index (κ2) is 4.28. The summed E-state index contributed by atoms with van der Waals surface area (Å²) in [6.07, 6.45) is 2.71. The zero-order valence-electron chi connectivity index (χ0n) is 8.62. The van der Waals surface area contributed by atoms with Crippen molar-refractivity contribution in [3.63, 3.8) is 0 Å². The Hall–Kier alpha value is -0.940. The summed E-state index contributed by atoms with van der Waals surface area (Å²) in [7, 11) is 1.71. The largest absolute Gasteiger partial charge is 0.375 e. The average Bonchev–Trinajstić information content (AvgIpc) is 2.64. The number of nitrogens with one attached hydrogen (secondary N) is 1. The van der Waals surface area contributed by atoms with Gasteiger partial charge in [0.25, 0.3) is 0 Å². The molecule has 0 aliphatic carbocycles. The van der Waals surface area contributed by atoms with Gasteiger partial charge in [-0.1, -0.05) is 6.92 Å². The van der Waals surface area contributed by atoms with E-state index in [1.165, 1.54) is 0 Å². The Morgan fingerprint density at radius 3 is 3.07 bits per heavy atom. The Labute approximate surface area is 96.2 Å². The molecule has 0 fully saturated rings. The number of ether oxygens (including phenoxy) is 1. The van der Waals surface area contributed by atoms with Crippen LogP contribution in [0.4, 0.5) is 0 Å². The molecule has 1 N–H and O–H groups in total. The van der Waals surface area contributed by atoms with Crippen LogP contribution in [-0.4, -0.2) is 22.3 Å². The lowest BCUT2D eigenvalue weighted by atomic mass is 10.1. The first-order valence-corrected chi connectivity index (χ1v) is 5.58. The Bertz CT molecular complexity index is 465. The van der Waals surface area contributed by atoms with Crippen LogP contribution >= 0.6 is 15.9 Å². The van der Waals surface area contributed by atoms with E-state index in [-0.39, 0.29) is 6.10 Å². The van der Waals surface area contributed by atoms with Gasteiger partial charge in [-0.3, -0.25) is 5.10 Å². The van der Waals surface area contributed by atoms with Gasteiger partial charge < -0.3 is 4.74 Å². The summed E-state index contributed by atoms with van der Waals surface area (Å²) < 4.78 is 6.19. The van der Waals surface area contributed by atoms with Crippen molar-refractivity contribution in [2.45, 2.75) is 19.4 Å². The number of rotatable bonds is 3. The Kier molecular flexibility index (Phi) is 3.02. The molecule has 0 saturated heterocycles. The maximum absolute atomic E-state index is 5.38. The number of nitrogens with zero attached hydrogens (tertiary/aromatic N) is 2. The van der Waals surface area contributed by atoms with Crippen LogP contribution in [0.1, 0.15) is 25.1 Å². The molecule has 5 heteroatoms. The molecule has 0 aliphatic rings. The molecule has 0 spiro atoms. The van der Waals surface area contributed by atoms with Crippen LogP contribution in [-0.2, 0) is 4.74 Å². The fourth-order valence-electron chi connectivity index (χ4n) is 1.64. The molecule has 0 radical (unpaired) electrons. The highest BCUT2D eigenvalue weighted by Gasteiger charge is 2.14. The van der Waals surface area contributed by atoms with Crippen LogP contribution in [0.15, 0.2) is 16.9 Å². The third-order valence-electron chi connectivity index (χ3n) is 2.41. The molecule has 0 aliphatic heterocycles. The molecule has 0 saturated carbocycles. The minimum Gasteiger partial charge on any atom is -0.375 e. The topological polar surface area (TPSA) is 50.8 Å². The Morgan fingerprint density at radius 2 is 2.40 bits per heavy atom. The molecule has 2 aromatic rings. The van der Waals surface area contributed by atoms with E-state index in [2.05, 4.69) is 38.0 Å². The lowest BCUT2D eigenvalue weighted by Crippen LogP contribution is -2.00. The number of H-pyrrole nitrogens is 1. The first-order chi connectivity index (χ1) is 7.26. The maximum Gasteiger partial charge on any atom is 0.111 e. The van der Waals surface area contributed by atoms with E-state index in [0.29, 0.717) is 0 Å². The predicted molar refractivity (Wildman–Crippen MR) is 61.6 cm³/mol. The Morgan fingerprint density at radius 1 is 1.60 bits per heavy atom. The summed E-state index contributed by atoms with van der Waals surface area (Å²) in [5.41, 5.74) is 1.88. The highest BCUT2D eigenvalue weighted by Crippen LogP contribution is 2.27. The van der Waals surface area contributed by atoms with E-state index in [0.717, 1.165) is 27.6 Å². The molecule has 2 rings (SSSR count). The summed E-state index contributed by atoms with van der Waals surface area (Å²) in [5, 5.41) is 8.26. The van der Waals surface area contributed by atoms with Crippen LogP contribution in [0.5, 0.6) is 0 Å². The molecule has 2 heterocycles. The van der Waals surface area contributed by atoms with E-state index in [9.17, 15) is 0 Å². The number of hydrogen-bond acceptors (Lipinski definition) is 3. The smallest absolute Gasteiger partial charge is 0.111 e.